The predicted molar refractivity (Wildman–Crippen MR) is 112 cm³/mol. The Bertz CT molecular complexity index is 1180. The number of nitrogens with zero attached hydrogens (tertiary/aromatic N) is 2. The Balaban J connectivity index is 1.37. The molecular weight excluding hydrogens is 366 g/mol. The summed E-state index contributed by atoms with van der Waals surface area (Å²) in [6, 6.07) is 17.6. The normalized spacial score (nSPS) is 10.6. The molecule has 2 amide bonds. The third kappa shape index (κ3) is 4.08. The Morgan fingerprint density at radius 1 is 0.931 bits per heavy atom. The van der Waals surface area contributed by atoms with E-state index in [0.717, 1.165) is 5.56 Å². The van der Waals surface area contributed by atoms with Gasteiger partial charge in [0.2, 0.25) is 0 Å². The number of imidazole rings is 1. The van der Waals surface area contributed by atoms with E-state index in [1.165, 1.54) is 0 Å². The number of aromatic nitrogens is 2. The zero-order valence-corrected chi connectivity index (χ0v) is 15.5. The van der Waals surface area contributed by atoms with Crippen molar-refractivity contribution in [2.75, 3.05) is 11.1 Å². The van der Waals surface area contributed by atoms with Gasteiger partial charge in [0.1, 0.15) is 5.65 Å². The predicted octanol–water partition coefficient (Wildman–Crippen LogP) is 3.10. The van der Waals surface area contributed by atoms with Gasteiger partial charge in [0.25, 0.3) is 11.8 Å². The van der Waals surface area contributed by atoms with Gasteiger partial charge in [-0.2, -0.15) is 0 Å². The number of pyridine rings is 1. The van der Waals surface area contributed by atoms with Crippen molar-refractivity contribution in [2.45, 2.75) is 6.54 Å². The molecule has 0 atom stereocenters. The molecule has 2 aromatic heterocycles. The minimum absolute atomic E-state index is 0.183. The number of benzene rings is 2. The van der Waals surface area contributed by atoms with Crippen molar-refractivity contribution in [2.24, 2.45) is 0 Å². The van der Waals surface area contributed by atoms with Gasteiger partial charge in [-0.1, -0.05) is 24.3 Å². The number of para-hydroxylation sites is 2. The van der Waals surface area contributed by atoms with E-state index in [9.17, 15) is 9.59 Å². The average Bonchev–Trinajstić information content (AvgIpc) is 3.22. The second-order valence-electron chi connectivity index (χ2n) is 6.53. The summed E-state index contributed by atoms with van der Waals surface area (Å²) in [6.07, 6.45) is 5.30. The summed E-state index contributed by atoms with van der Waals surface area (Å²) >= 11 is 0. The lowest BCUT2D eigenvalue weighted by molar-refractivity contribution is 0.0949. The van der Waals surface area contributed by atoms with Crippen molar-refractivity contribution in [3.05, 3.63) is 95.9 Å². The first kappa shape index (κ1) is 18.2. The lowest BCUT2D eigenvalue weighted by atomic mass is 10.1. The molecule has 4 rings (SSSR count). The highest BCUT2D eigenvalue weighted by atomic mass is 16.2. The van der Waals surface area contributed by atoms with Crippen molar-refractivity contribution in [1.82, 2.24) is 14.7 Å². The molecule has 2 aromatic carbocycles. The fourth-order valence-electron chi connectivity index (χ4n) is 2.92. The first-order chi connectivity index (χ1) is 14.1. The molecule has 7 heteroatoms. The van der Waals surface area contributed by atoms with E-state index in [2.05, 4.69) is 15.6 Å². The van der Waals surface area contributed by atoms with Crippen LogP contribution in [0.3, 0.4) is 0 Å². The number of nitrogens with two attached hydrogens (primary N) is 1. The maximum Gasteiger partial charge on any atom is 0.255 e. The fraction of sp³-hybridized carbons (Fsp3) is 0.0455. The van der Waals surface area contributed by atoms with Crippen LogP contribution in [0.1, 0.15) is 26.3 Å². The topological polar surface area (TPSA) is 102 Å². The highest BCUT2D eigenvalue weighted by Crippen LogP contribution is 2.18. The van der Waals surface area contributed by atoms with Crippen LogP contribution in [0.4, 0.5) is 11.4 Å². The third-order valence-electron chi connectivity index (χ3n) is 4.54. The molecule has 0 unspecified atom stereocenters. The summed E-state index contributed by atoms with van der Waals surface area (Å²) in [6.45, 7) is 0.353. The smallest absolute Gasteiger partial charge is 0.255 e. The molecule has 2 heterocycles. The minimum atomic E-state index is -0.244. The summed E-state index contributed by atoms with van der Waals surface area (Å²) in [4.78, 5) is 28.9. The number of nitrogens with one attached hydrogen (secondary N) is 2. The number of carbonyl (C=O) groups is 2. The molecule has 0 saturated carbocycles. The Morgan fingerprint density at radius 3 is 2.52 bits per heavy atom. The van der Waals surface area contributed by atoms with Crippen LogP contribution in [0.2, 0.25) is 0 Å². The highest BCUT2D eigenvalue weighted by Gasteiger charge is 2.09. The molecule has 0 aliphatic carbocycles. The van der Waals surface area contributed by atoms with E-state index in [4.69, 9.17) is 5.73 Å². The summed E-state index contributed by atoms with van der Waals surface area (Å²) in [7, 11) is 0. The van der Waals surface area contributed by atoms with Crippen molar-refractivity contribution in [3.8, 4) is 0 Å². The van der Waals surface area contributed by atoms with Gasteiger partial charge in [-0.25, -0.2) is 4.98 Å². The Hall–Kier alpha value is -4.13. The van der Waals surface area contributed by atoms with Crippen LogP contribution >= 0.6 is 0 Å². The highest BCUT2D eigenvalue weighted by molar-refractivity contribution is 6.05. The van der Waals surface area contributed by atoms with Crippen molar-refractivity contribution >= 4 is 28.8 Å². The maximum absolute atomic E-state index is 12.4. The van der Waals surface area contributed by atoms with Gasteiger partial charge in [-0.15, -0.1) is 0 Å². The van der Waals surface area contributed by atoms with E-state index >= 15 is 0 Å². The first-order valence-corrected chi connectivity index (χ1v) is 9.06. The Morgan fingerprint density at radius 2 is 1.72 bits per heavy atom. The number of anilines is 2. The fourth-order valence-corrected chi connectivity index (χ4v) is 2.92. The van der Waals surface area contributed by atoms with Gasteiger partial charge in [0.15, 0.2) is 0 Å². The van der Waals surface area contributed by atoms with Gasteiger partial charge < -0.3 is 20.8 Å². The summed E-state index contributed by atoms with van der Waals surface area (Å²) < 4.78 is 1.84. The van der Waals surface area contributed by atoms with E-state index in [-0.39, 0.29) is 11.8 Å². The van der Waals surface area contributed by atoms with Crippen LogP contribution in [0.25, 0.3) is 5.65 Å². The van der Waals surface area contributed by atoms with E-state index < -0.39 is 0 Å². The van der Waals surface area contributed by atoms with E-state index in [1.54, 1.807) is 67.0 Å². The number of hydrogen-bond acceptors (Lipinski definition) is 4. The molecule has 0 aliphatic heterocycles. The molecule has 4 aromatic rings. The quantitative estimate of drug-likeness (QED) is 0.460. The largest absolute Gasteiger partial charge is 0.397 e. The number of amides is 2. The molecular formula is C22H19N5O2. The second kappa shape index (κ2) is 7.85. The number of rotatable bonds is 5. The molecule has 0 fully saturated rings. The van der Waals surface area contributed by atoms with Gasteiger partial charge in [0.05, 0.1) is 11.4 Å². The number of carbonyl (C=O) groups excluding carboxylic acids is 2. The second-order valence-corrected chi connectivity index (χ2v) is 6.53. The minimum Gasteiger partial charge on any atom is -0.397 e. The Kier molecular flexibility index (Phi) is 4.94. The van der Waals surface area contributed by atoms with Crippen LogP contribution < -0.4 is 16.4 Å². The van der Waals surface area contributed by atoms with Crippen LogP contribution in [0.15, 0.2) is 79.3 Å². The van der Waals surface area contributed by atoms with Crippen molar-refractivity contribution in [3.63, 3.8) is 0 Å². The maximum atomic E-state index is 12.4. The van der Waals surface area contributed by atoms with E-state index in [0.29, 0.717) is 34.7 Å². The number of hydrogen-bond donors (Lipinski definition) is 3. The van der Waals surface area contributed by atoms with Crippen LogP contribution in [-0.2, 0) is 6.54 Å². The van der Waals surface area contributed by atoms with Crippen molar-refractivity contribution < 1.29 is 9.59 Å². The van der Waals surface area contributed by atoms with E-state index in [1.807, 2.05) is 16.7 Å². The molecule has 29 heavy (non-hydrogen) atoms. The van der Waals surface area contributed by atoms with Gasteiger partial charge in [-0.3, -0.25) is 9.59 Å². The molecule has 0 saturated heterocycles. The molecule has 7 nitrogen and oxygen atoms in total. The zero-order valence-electron chi connectivity index (χ0n) is 15.5. The average molecular weight is 385 g/mol. The molecule has 0 spiro atoms. The van der Waals surface area contributed by atoms with Crippen LogP contribution in [0, 0.1) is 0 Å². The number of fused-ring (bicyclic) bond motifs is 1. The van der Waals surface area contributed by atoms with Gasteiger partial charge in [0, 0.05) is 36.3 Å². The van der Waals surface area contributed by atoms with Crippen molar-refractivity contribution in [1.29, 1.82) is 0 Å². The lowest BCUT2D eigenvalue weighted by Crippen LogP contribution is -2.23. The summed E-state index contributed by atoms with van der Waals surface area (Å²) in [5.41, 5.74) is 9.58. The standard InChI is InChI=1S/C22H19N5O2/c23-18-3-1-2-4-19(18)26-22(29)16-7-5-15(6-8-16)14-25-21(28)17-9-11-27-12-10-24-20(27)13-17/h1-13H,14,23H2,(H,25,28)(H,26,29). The SMILES string of the molecule is Nc1ccccc1NC(=O)c1ccc(CNC(=O)c2ccn3ccnc3c2)cc1. The Labute approximate surface area is 167 Å². The zero-order chi connectivity index (χ0) is 20.2. The van der Waals surface area contributed by atoms with Crippen LogP contribution in [0.5, 0.6) is 0 Å². The number of nitrogen functional groups attached to an aromatic ring is 1. The summed E-state index contributed by atoms with van der Waals surface area (Å²) in [5, 5.41) is 5.66. The molecule has 4 N–H and O–H groups in total. The first-order valence-electron chi connectivity index (χ1n) is 9.06. The molecule has 0 bridgehead atoms. The third-order valence-corrected chi connectivity index (χ3v) is 4.54. The monoisotopic (exact) mass is 385 g/mol. The van der Waals surface area contributed by atoms with Crippen LogP contribution in [-0.4, -0.2) is 21.2 Å². The van der Waals surface area contributed by atoms with Gasteiger partial charge >= 0.3 is 0 Å². The molecule has 0 radical (unpaired) electrons. The summed E-state index contributed by atoms with van der Waals surface area (Å²) in [5.74, 6) is -0.427. The molecule has 0 aliphatic rings. The van der Waals surface area contributed by atoms with Gasteiger partial charge in [-0.05, 0) is 42.0 Å². The lowest BCUT2D eigenvalue weighted by Gasteiger charge is -2.09. The molecule has 144 valence electrons.